The molecule has 0 saturated heterocycles. The van der Waals surface area contributed by atoms with Crippen LogP contribution in [0.5, 0.6) is 5.88 Å². The van der Waals surface area contributed by atoms with Gasteiger partial charge in [-0.1, -0.05) is 5.21 Å². The lowest BCUT2D eigenvalue weighted by Gasteiger charge is -2.01. The van der Waals surface area contributed by atoms with Crippen molar-refractivity contribution in [3.05, 3.63) is 27.6 Å². The molecule has 98 valence electrons. The first-order chi connectivity index (χ1) is 9.19. The van der Waals surface area contributed by atoms with Gasteiger partial charge >= 0.3 is 0 Å². The lowest BCUT2D eigenvalue weighted by molar-refractivity contribution is 0.402. The quantitative estimate of drug-likeness (QED) is 0.672. The lowest BCUT2D eigenvalue weighted by Crippen LogP contribution is -2.21. The molecule has 0 aromatic carbocycles. The van der Waals surface area contributed by atoms with Crippen LogP contribution in [-0.4, -0.2) is 36.0 Å². The van der Waals surface area contributed by atoms with E-state index >= 15 is 0 Å². The molecule has 0 unspecified atom stereocenters. The summed E-state index contributed by atoms with van der Waals surface area (Å²) in [6, 6.07) is 1.79. The Kier molecular flexibility index (Phi) is 2.75. The third kappa shape index (κ3) is 1.97. The Morgan fingerprint density at radius 2 is 2.32 bits per heavy atom. The molecule has 0 saturated carbocycles. The van der Waals surface area contributed by atoms with Crippen molar-refractivity contribution in [2.75, 3.05) is 7.11 Å². The fraction of sp³-hybridized carbons (Fsp3) is 0.300. The van der Waals surface area contributed by atoms with E-state index in [2.05, 4.69) is 19.7 Å². The second-order valence-corrected chi connectivity index (χ2v) is 4.79. The summed E-state index contributed by atoms with van der Waals surface area (Å²) in [5.74, 6) is 0.543. The van der Waals surface area contributed by atoms with E-state index in [4.69, 9.17) is 4.74 Å². The molecule has 3 rings (SSSR count). The molecule has 0 radical (unpaired) electrons. The van der Waals surface area contributed by atoms with Crippen molar-refractivity contribution >= 4 is 22.7 Å². The number of ether oxygens (including phenoxy) is 1. The molecule has 0 bridgehead atoms. The van der Waals surface area contributed by atoms with E-state index < -0.39 is 0 Å². The summed E-state index contributed by atoms with van der Waals surface area (Å²) in [4.78, 5) is 17.3. The van der Waals surface area contributed by atoms with Crippen LogP contribution < -0.4 is 10.3 Å². The van der Waals surface area contributed by atoms with E-state index in [9.17, 15) is 4.79 Å². The van der Waals surface area contributed by atoms with Crippen LogP contribution in [0.4, 0.5) is 0 Å². The van der Waals surface area contributed by atoms with Crippen LogP contribution in [0.2, 0.25) is 0 Å². The van der Waals surface area contributed by atoms with Gasteiger partial charge in [-0.3, -0.25) is 9.36 Å². The van der Waals surface area contributed by atoms with Crippen molar-refractivity contribution in [2.24, 2.45) is 7.05 Å². The minimum Gasteiger partial charge on any atom is -0.480 e. The largest absolute Gasteiger partial charge is 0.480 e. The predicted molar refractivity (Wildman–Crippen MR) is 68.3 cm³/mol. The number of methoxy groups -OCH3 is 1. The molecule has 3 heterocycles. The number of aryl methyl sites for hydroxylation is 1. The highest BCUT2D eigenvalue weighted by Crippen LogP contribution is 2.16. The molecule has 9 heteroatoms. The molecule has 3 aromatic rings. The zero-order chi connectivity index (χ0) is 13.4. The van der Waals surface area contributed by atoms with E-state index in [1.165, 1.54) is 27.1 Å². The molecule has 0 aliphatic rings. The Labute approximate surface area is 111 Å². The maximum absolute atomic E-state index is 12.2. The molecule has 0 fully saturated rings. The van der Waals surface area contributed by atoms with Gasteiger partial charge in [-0.15, -0.1) is 5.10 Å². The Hall–Kier alpha value is -2.29. The van der Waals surface area contributed by atoms with Gasteiger partial charge in [0.2, 0.25) is 5.88 Å². The van der Waals surface area contributed by atoms with Gasteiger partial charge in [-0.25, -0.2) is 9.67 Å². The van der Waals surface area contributed by atoms with Crippen LogP contribution in [0.25, 0.3) is 11.2 Å². The molecule has 0 N–H and O–H groups in total. The third-order valence-electron chi connectivity index (χ3n) is 2.65. The molecular weight excluding hydrogens is 268 g/mol. The summed E-state index contributed by atoms with van der Waals surface area (Å²) in [6.07, 6.45) is 1.49. The predicted octanol–water partition coefficient (Wildman–Crippen LogP) is 0.0384. The van der Waals surface area contributed by atoms with E-state index in [-0.39, 0.29) is 11.1 Å². The van der Waals surface area contributed by atoms with Crippen molar-refractivity contribution in [2.45, 2.75) is 6.54 Å². The highest BCUT2D eigenvalue weighted by molar-refractivity contribution is 7.05. The fourth-order valence-electron chi connectivity index (χ4n) is 1.69. The summed E-state index contributed by atoms with van der Waals surface area (Å²) >= 11 is 1.28. The van der Waals surface area contributed by atoms with Crippen LogP contribution in [0.1, 0.15) is 4.88 Å². The Bertz CT molecular complexity index is 789. The van der Waals surface area contributed by atoms with Gasteiger partial charge in [0, 0.05) is 18.0 Å². The minimum atomic E-state index is -0.217. The summed E-state index contributed by atoms with van der Waals surface area (Å²) < 4.78 is 12.0. The highest BCUT2D eigenvalue weighted by atomic mass is 32.1. The zero-order valence-electron chi connectivity index (χ0n) is 10.3. The van der Waals surface area contributed by atoms with Crippen LogP contribution in [0.15, 0.2) is 17.2 Å². The van der Waals surface area contributed by atoms with Crippen molar-refractivity contribution in [1.82, 2.24) is 28.9 Å². The molecule has 0 spiro atoms. The average molecular weight is 278 g/mol. The molecule has 0 atom stereocenters. The maximum atomic E-state index is 12.2. The SMILES string of the molecule is COc1cc(Cn2cnc3c(nnn3C)c2=O)sn1. The summed E-state index contributed by atoms with van der Waals surface area (Å²) in [7, 11) is 3.25. The standard InChI is InChI=1S/C10H10N6O2S/c1-15-9-8(12-14-15)10(17)16(5-11-9)4-6-3-7(18-2)13-19-6/h3,5H,4H2,1-2H3. The van der Waals surface area contributed by atoms with Crippen LogP contribution in [0.3, 0.4) is 0 Å². The van der Waals surface area contributed by atoms with Gasteiger partial charge in [-0.05, 0) is 11.5 Å². The number of fused-ring (bicyclic) bond motifs is 1. The van der Waals surface area contributed by atoms with Gasteiger partial charge in [-0.2, -0.15) is 4.37 Å². The number of hydrogen-bond acceptors (Lipinski definition) is 7. The van der Waals surface area contributed by atoms with Crippen LogP contribution >= 0.6 is 11.5 Å². The van der Waals surface area contributed by atoms with Crippen LogP contribution in [0, 0.1) is 0 Å². The third-order valence-corrected chi connectivity index (χ3v) is 3.41. The Morgan fingerprint density at radius 3 is 3.05 bits per heavy atom. The zero-order valence-corrected chi connectivity index (χ0v) is 11.1. The Morgan fingerprint density at radius 1 is 1.47 bits per heavy atom. The maximum Gasteiger partial charge on any atom is 0.283 e. The minimum absolute atomic E-state index is 0.217. The fourth-order valence-corrected chi connectivity index (χ4v) is 2.38. The average Bonchev–Trinajstić information content (AvgIpc) is 3.00. The second kappa shape index (κ2) is 4.43. The first kappa shape index (κ1) is 11.8. The molecule has 0 amide bonds. The Balaban J connectivity index is 2.01. The van der Waals surface area contributed by atoms with Gasteiger partial charge in [0.25, 0.3) is 5.56 Å². The van der Waals surface area contributed by atoms with E-state index in [0.717, 1.165) is 4.88 Å². The number of rotatable bonds is 3. The van der Waals surface area contributed by atoms with Crippen molar-refractivity contribution in [3.8, 4) is 5.88 Å². The van der Waals surface area contributed by atoms with Gasteiger partial charge in [0.1, 0.15) is 6.33 Å². The van der Waals surface area contributed by atoms with E-state index in [1.54, 1.807) is 20.2 Å². The number of nitrogens with zero attached hydrogens (tertiary/aromatic N) is 6. The monoisotopic (exact) mass is 278 g/mol. The number of hydrogen-bond donors (Lipinski definition) is 0. The molecule has 0 aliphatic heterocycles. The second-order valence-electron chi connectivity index (χ2n) is 3.90. The van der Waals surface area contributed by atoms with Gasteiger partial charge < -0.3 is 4.74 Å². The summed E-state index contributed by atoms with van der Waals surface area (Å²) in [6.45, 7) is 0.388. The highest BCUT2D eigenvalue weighted by Gasteiger charge is 2.11. The first-order valence-corrected chi connectivity index (χ1v) is 6.21. The normalized spacial score (nSPS) is 11.1. The summed E-state index contributed by atoms with van der Waals surface area (Å²) in [5, 5.41) is 7.60. The van der Waals surface area contributed by atoms with Crippen molar-refractivity contribution < 1.29 is 4.74 Å². The topological polar surface area (TPSA) is 87.7 Å². The smallest absolute Gasteiger partial charge is 0.283 e. The number of aromatic nitrogens is 6. The molecule has 0 aliphatic carbocycles. The molecular formula is C10H10N6O2S. The van der Waals surface area contributed by atoms with Crippen molar-refractivity contribution in [3.63, 3.8) is 0 Å². The lowest BCUT2D eigenvalue weighted by atomic mass is 10.4. The van der Waals surface area contributed by atoms with Crippen molar-refractivity contribution in [1.29, 1.82) is 0 Å². The molecule has 19 heavy (non-hydrogen) atoms. The first-order valence-electron chi connectivity index (χ1n) is 5.43. The van der Waals surface area contributed by atoms with E-state index in [0.29, 0.717) is 18.1 Å². The van der Waals surface area contributed by atoms with Gasteiger partial charge in [0.15, 0.2) is 11.2 Å². The van der Waals surface area contributed by atoms with Gasteiger partial charge in [0.05, 0.1) is 13.7 Å². The van der Waals surface area contributed by atoms with E-state index in [1.807, 2.05) is 0 Å². The summed E-state index contributed by atoms with van der Waals surface area (Å²) in [5.41, 5.74) is 0.523. The molecule has 8 nitrogen and oxygen atoms in total. The molecule has 3 aromatic heterocycles. The van der Waals surface area contributed by atoms with Crippen LogP contribution in [-0.2, 0) is 13.6 Å².